The van der Waals surface area contributed by atoms with Gasteiger partial charge in [-0.25, -0.2) is 4.98 Å². The molecule has 26 heavy (non-hydrogen) atoms. The third-order valence-electron chi connectivity index (χ3n) is 5.10. The van der Waals surface area contributed by atoms with E-state index in [1.165, 1.54) is 0 Å². The lowest BCUT2D eigenvalue weighted by atomic mass is 9.97. The number of nitrogens with one attached hydrogen (secondary N) is 1. The van der Waals surface area contributed by atoms with Crippen molar-refractivity contribution in [1.29, 1.82) is 0 Å². The van der Waals surface area contributed by atoms with Gasteiger partial charge in [0.1, 0.15) is 5.82 Å². The summed E-state index contributed by atoms with van der Waals surface area (Å²) in [7, 11) is 0. The number of rotatable bonds is 4. The molecule has 1 aliphatic rings. The minimum absolute atomic E-state index is 0.0551. The Labute approximate surface area is 152 Å². The molecule has 1 fully saturated rings. The van der Waals surface area contributed by atoms with E-state index in [9.17, 15) is 9.90 Å². The number of hydrogen-bond acceptors (Lipinski definition) is 4. The molecule has 2 heterocycles. The number of hydrogen-bond donors (Lipinski definition) is 2. The van der Waals surface area contributed by atoms with E-state index in [1.807, 2.05) is 37.3 Å². The SMILES string of the molecule is Cc1ccnc(CO)c1-c1ccc2cc(NC(=O)C3CC3C)ncc2c1. The lowest BCUT2D eigenvalue weighted by Crippen LogP contribution is -2.15. The van der Waals surface area contributed by atoms with Crippen molar-refractivity contribution in [2.24, 2.45) is 11.8 Å². The molecule has 0 aliphatic heterocycles. The Balaban J connectivity index is 1.67. The highest BCUT2D eigenvalue weighted by atomic mass is 16.3. The summed E-state index contributed by atoms with van der Waals surface area (Å²) < 4.78 is 0. The molecule has 132 valence electrons. The molecule has 1 aromatic carbocycles. The van der Waals surface area contributed by atoms with Crippen molar-refractivity contribution in [2.45, 2.75) is 26.9 Å². The normalized spacial score (nSPS) is 18.7. The van der Waals surface area contributed by atoms with Crippen LogP contribution in [0.4, 0.5) is 5.82 Å². The summed E-state index contributed by atoms with van der Waals surface area (Å²) in [5.41, 5.74) is 3.69. The second-order valence-corrected chi connectivity index (χ2v) is 7.05. The van der Waals surface area contributed by atoms with Crippen molar-refractivity contribution < 1.29 is 9.90 Å². The first kappa shape index (κ1) is 16.7. The number of carbonyl (C=O) groups excluding carboxylic acids is 1. The van der Waals surface area contributed by atoms with Crippen LogP contribution in [0.25, 0.3) is 21.9 Å². The van der Waals surface area contributed by atoms with Gasteiger partial charge in [-0.2, -0.15) is 0 Å². The van der Waals surface area contributed by atoms with Crippen molar-refractivity contribution in [3.63, 3.8) is 0 Å². The number of fused-ring (bicyclic) bond motifs is 1. The number of aryl methyl sites for hydroxylation is 1. The van der Waals surface area contributed by atoms with Crippen LogP contribution in [0, 0.1) is 18.8 Å². The van der Waals surface area contributed by atoms with Gasteiger partial charge >= 0.3 is 0 Å². The summed E-state index contributed by atoms with van der Waals surface area (Å²) in [6, 6.07) is 9.90. The molecule has 4 rings (SSSR count). The average Bonchev–Trinajstić information content (AvgIpc) is 3.38. The molecule has 0 radical (unpaired) electrons. The number of carbonyl (C=O) groups is 1. The Kier molecular flexibility index (Phi) is 4.17. The van der Waals surface area contributed by atoms with E-state index in [1.54, 1.807) is 12.4 Å². The van der Waals surface area contributed by atoms with Gasteiger partial charge in [-0.15, -0.1) is 0 Å². The molecule has 3 aromatic rings. The minimum Gasteiger partial charge on any atom is -0.390 e. The number of aliphatic hydroxyl groups excluding tert-OH is 1. The first-order chi connectivity index (χ1) is 12.6. The first-order valence-electron chi connectivity index (χ1n) is 8.83. The smallest absolute Gasteiger partial charge is 0.228 e. The molecular formula is C21H21N3O2. The minimum atomic E-state index is -0.0993. The van der Waals surface area contributed by atoms with E-state index < -0.39 is 0 Å². The maximum atomic E-state index is 12.1. The van der Waals surface area contributed by atoms with Crippen LogP contribution in [-0.4, -0.2) is 21.0 Å². The topological polar surface area (TPSA) is 75.1 Å². The number of amides is 1. The molecule has 2 unspecified atom stereocenters. The Hall–Kier alpha value is -2.79. The average molecular weight is 347 g/mol. The van der Waals surface area contributed by atoms with Gasteiger partial charge in [0.2, 0.25) is 5.91 Å². The van der Waals surface area contributed by atoms with E-state index in [-0.39, 0.29) is 18.4 Å². The Bertz CT molecular complexity index is 1000. The molecule has 1 aliphatic carbocycles. The van der Waals surface area contributed by atoms with Crippen LogP contribution in [0.1, 0.15) is 24.6 Å². The van der Waals surface area contributed by atoms with Crippen LogP contribution in [0.15, 0.2) is 42.7 Å². The van der Waals surface area contributed by atoms with Gasteiger partial charge in [-0.3, -0.25) is 9.78 Å². The fourth-order valence-electron chi connectivity index (χ4n) is 3.40. The summed E-state index contributed by atoms with van der Waals surface area (Å²) in [6.07, 6.45) is 4.44. The van der Waals surface area contributed by atoms with E-state index in [0.29, 0.717) is 17.4 Å². The van der Waals surface area contributed by atoms with Crippen LogP contribution in [-0.2, 0) is 11.4 Å². The van der Waals surface area contributed by atoms with E-state index in [4.69, 9.17) is 0 Å². The molecule has 2 N–H and O–H groups in total. The van der Waals surface area contributed by atoms with Gasteiger partial charge in [0, 0.05) is 29.3 Å². The van der Waals surface area contributed by atoms with E-state index in [0.717, 1.165) is 33.9 Å². The molecule has 0 saturated heterocycles. The fraction of sp³-hybridized carbons (Fsp3) is 0.286. The highest BCUT2D eigenvalue weighted by Crippen LogP contribution is 2.38. The zero-order valence-electron chi connectivity index (χ0n) is 14.9. The Morgan fingerprint density at radius 3 is 2.77 bits per heavy atom. The highest BCUT2D eigenvalue weighted by Gasteiger charge is 2.39. The predicted molar refractivity (Wildman–Crippen MR) is 102 cm³/mol. The maximum absolute atomic E-state index is 12.1. The van der Waals surface area contributed by atoms with Crippen molar-refractivity contribution in [3.05, 3.63) is 54.0 Å². The fourth-order valence-corrected chi connectivity index (χ4v) is 3.40. The Morgan fingerprint density at radius 1 is 1.23 bits per heavy atom. The predicted octanol–water partition coefficient (Wildman–Crippen LogP) is 3.69. The quantitative estimate of drug-likeness (QED) is 0.755. The number of nitrogens with zero attached hydrogens (tertiary/aromatic N) is 2. The van der Waals surface area contributed by atoms with Crippen molar-refractivity contribution >= 4 is 22.5 Å². The van der Waals surface area contributed by atoms with Crippen LogP contribution < -0.4 is 5.32 Å². The number of aromatic nitrogens is 2. The first-order valence-corrected chi connectivity index (χ1v) is 8.83. The molecule has 2 aromatic heterocycles. The number of anilines is 1. The van der Waals surface area contributed by atoms with Gasteiger partial charge in [0.15, 0.2) is 0 Å². The lowest BCUT2D eigenvalue weighted by molar-refractivity contribution is -0.117. The summed E-state index contributed by atoms with van der Waals surface area (Å²) in [5, 5.41) is 14.5. The van der Waals surface area contributed by atoms with Crippen molar-refractivity contribution in [3.8, 4) is 11.1 Å². The van der Waals surface area contributed by atoms with Gasteiger partial charge in [0.05, 0.1) is 12.3 Å². The monoisotopic (exact) mass is 347 g/mol. The standard InChI is InChI=1S/C21H21N3O2/c1-12-5-6-22-18(11-25)20(12)15-4-3-14-9-19(23-10-16(14)8-15)24-21(26)17-7-13(17)2/h3-6,8-10,13,17,25H,7,11H2,1-2H3,(H,23,24,26). The van der Waals surface area contributed by atoms with Crippen molar-refractivity contribution in [2.75, 3.05) is 5.32 Å². The molecule has 1 amide bonds. The third kappa shape index (κ3) is 3.06. The van der Waals surface area contributed by atoms with E-state index >= 15 is 0 Å². The number of aliphatic hydroxyl groups is 1. The second-order valence-electron chi connectivity index (χ2n) is 7.05. The lowest BCUT2D eigenvalue weighted by Gasteiger charge is -2.12. The summed E-state index contributed by atoms with van der Waals surface area (Å²) >= 11 is 0. The van der Waals surface area contributed by atoms with Crippen LogP contribution in [0.3, 0.4) is 0 Å². The summed E-state index contributed by atoms with van der Waals surface area (Å²) in [4.78, 5) is 20.7. The Morgan fingerprint density at radius 2 is 2.04 bits per heavy atom. The zero-order chi connectivity index (χ0) is 18.3. The number of benzene rings is 1. The van der Waals surface area contributed by atoms with Crippen LogP contribution >= 0.6 is 0 Å². The molecule has 0 bridgehead atoms. The second kappa shape index (κ2) is 6.50. The summed E-state index contributed by atoms with van der Waals surface area (Å²) in [6.45, 7) is 3.99. The molecule has 2 atom stereocenters. The van der Waals surface area contributed by atoms with Crippen molar-refractivity contribution in [1.82, 2.24) is 9.97 Å². The van der Waals surface area contributed by atoms with Gasteiger partial charge in [-0.1, -0.05) is 19.1 Å². The summed E-state index contributed by atoms with van der Waals surface area (Å²) in [5.74, 6) is 1.24. The van der Waals surface area contributed by atoms with Gasteiger partial charge < -0.3 is 10.4 Å². The highest BCUT2D eigenvalue weighted by molar-refractivity contribution is 5.96. The molecule has 5 heteroatoms. The van der Waals surface area contributed by atoms with Gasteiger partial charge in [0.25, 0.3) is 0 Å². The maximum Gasteiger partial charge on any atom is 0.228 e. The van der Waals surface area contributed by atoms with Crippen LogP contribution in [0.2, 0.25) is 0 Å². The largest absolute Gasteiger partial charge is 0.390 e. The van der Waals surface area contributed by atoms with Gasteiger partial charge in [-0.05, 0) is 54.0 Å². The van der Waals surface area contributed by atoms with E-state index in [2.05, 4.69) is 22.2 Å². The molecule has 5 nitrogen and oxygen atoms in total. The third-order valence-corrected chi connectivity index (χ3v) is 5.10. The zero-order valence-corrected chi connectivity index (χ0v) is 14.9. The number of pyridine rings is 2. The molecule has 1 saturated carbocycles. The molecular weight excluding hydrogens is 326 g/mol. The molecule has 0 spiro atoms. The van der Waals surface area contributed by atoms with Crippen LogP contribution in [0.5, 0.6) is 0 Å².